The van der Waals surface area contributed by atoms with E-state index in [2.05, 4.69) is 5.32 Å². The number of nitrogens with one attached hydrogen (secondary N) is 1. The van der Waals surface area contributed by atoms with E-state index in [-0.39, 0.29) is 18.3 Å². The maximum Gasteiger partial charge on any atom is 0.244 e. The number of carbonyl (C=O) groups excluding carboxylic acids is 1. The number of ether oxygens (including phenoxy) is 2. The third kappa shape index (κ3) is 5.66. The van der Waals surface area contributed by atoms with Crippen LogP contribution in [0.15, 0.2) is 48.5 Å². The predicted octanol–water partition coefficient (Wildman–Crippen LogP) is 3.07. The molecule has 0 aliphatic heterocycles. The van der Waals surface area contributed by atoms with Crippen molar-refractivity contribution >= 4 is 12.0 Å². The van der Waals surface area contributed by atoms with Crippen LogP contribution in [-0.2, 0) is 11.3 Å². The molecule has 0 radical (unpaired) electrons. The van der Waals surface area contributed by atoms with Gasteiger partial charge in [0.1, 0.15) is 11.9 Å². The van der Waals surface area contributed by atoms with Gasteiger partial charge in [-0.05, 0) is 41.5 Å². The van der Waals surface area contributed by atoms with Crippen molar-refractivity contribution in [2.45, 2.75) is 6.54 Å². The molecular weight excluding hydrogens is 323 g/mol. The molecule has 0 unspecified atom stereocenters. The molecule has 0 atom stereocenters. The van der Waals surface area contributed by atoms with Gasteiger partial charge in [0, 0.05) is 12.6 Å². The SMILES string of the molecule is COc1cc(/C=C/C(=O)NCc2ccc(F)cc2)ccc1OCC#N. The summed E-state index contributed by atoms with van der Waals surface area (Å²) >= 11 is 0. The number of nitrogens with zero attached hydrogens (tertiary/aromatic N) is 1. The van der Waals surface area contributed by atoms with Crippen LogP contribution >= 0.6 is 0 Å². The van der Waals surface area contributed by atoms with Crippen LogP contribution in [0, 0.1) is 17.1 Å². The maximum absolute atomic E-state index is 12.8. The maximum atomic E-state index is 12.8. The number of amides is 1. The van der Waals surface area contributed by atoms with Crippen molar-refractivity contribution in [1.29, 1.82) is 5.26 Å². The van der Waals surface area contributed by atoms with Crippen molar-refractivity contribution in [3.05, 3.63) is 65.5 Å². The summed E-state index contributed by atoms with van der Waals surface area (Å²) in [7, 11) is 1.50. The van der Waals surface area contributed by atoms with Crippen molar-refractivity contribution in [3.63, 3.8) is 0 Å². The molecule has 1 amide bonds. The van der Waals surface area contributed by atoms with Crippen LogP contribution in [0.4, 0.5) is 4.39 Å². The largest absolute Gasteiger partial charge is 0.493 e. The lowest BCUT2D eigenvalue weighted by molar-refractivity contribution is -0.116. The number of carbonyl (C=O) groups is 1. The number of rotatable bonds is 7. The molecule has 1 N–H and O–H groups in total. The monoisotopic (exact) mass is 340 g/mol. The van der Waals surface area contributed by atoms with Gasteiger partial charge >= 0.3 is 0 Å². The van der Waals surface area contributed by atoms with Crippen LogP contribution in [0.3, 0.4) is 0 Å². The second kappa shape index (κ2) is 9.08. The highest BCUT2D eigenvalue weighted by molar-refractivity contribution is 5.91. The van der Waals surface area contributed by atoms with Gasteiger partial charge in [-0.3, -0.25) is 4.79 Å². The van der Waals surface area contributed by atoms with Gasteiger partial charge in [0.05, 0.1) is 7.11 Å². The minimum absolute atomic E-state index is 0.0721. The first-order chi connectivity index (χ1) is 12.1. The Bertz CT molecular complexity index is 795. The lowest BCUT2D eigenvalue weighted by Gasteiger charge is -2.08. The third-order valence-electron chi connectivity index (χ3n) is 3.29. The fourth-order valence-electron chi connectivity index (χ4n) is 2.04. The van der Waals surface area contributed by atoms with Crippen LogP contribution < -0.4 is 14.8 Å². The second-order valence-electron chi connectivity index (χ2n) is 5.03. The minimum Gasteiger partial charge on any atom is -0.493 e. The van der Waals surface area contributed by atoms with Crippen LogP contribution in [0.25, 0.3) is 6.08 Å². The topological polar surface area (TPSA) is 71.3 Å². The highest BCUT2D eigenvalue weighted by Crippen LogP contribution is 2.28. The summed E-state index contributed by atoms with van der Waals surface area (Å²) in [6, 6.07) is 12.9. The Morgan fingerprint density at radius 2 is 2.00 bits per heavy atom. The van der Waals surface area contributed by atoms with Crippen molar-refractivity contribution < 1.29 is 18.7 Å². The summed E-state index contributed by atoms with van der Waals surface area (Å²) in [6.07, 6.45) is 3.03. The van der Waals surface area contributed by atoms with Crippen molar-refractivity contribution in [2.75, 3.05) is 13.7 Å². The molecule has 5 nitrogen and oxygen atoms in total. The van der Waals surface area contributed by atoms with Gasteiger partial charge in [0.2, 0.25) is 5.91 Å². The Morgan fingerprint density at radius 1 is 1.24 bits per heavy atom. The molecule has 2 aromatic rings. The van der Waals surface area contributed by atoms with Gasteiger partial charge in [-0.25, -0.2) is 4.39 Å². The van der Waals surface area contributed by atoms with E-state index >= 15 is 0 Å². The Labute approximate surface area is 145 Å². The standard InChI is InChI=1S/C19H17FN2O3/c1-24-18-12-14(4-8-17(18)25-11-10-21)5-9-19(23)22-13-15-2-6-16(20)7-3-15/h2-9,12H,11,13H2,1H3,(H,22,23)/b9-5+. The quantitative estimate of drug-likeness (QED) is 0.786. The van der Waals surface area contributed by atoms with Crippen molar-refractivity contribution in [2.24, 2.45) is 0 Å². The van der Waals surface area contributed by atoms with Crippen molar-refractivity contribution in [3.8, 4) is 17.6 Å². The Balaban J connectivity index is 1.94. The smallest absolute Gasteiger partial charge is 0.244 e. The predicted molar refractivity (Wildman–Crippen MR) is 91.4 cm³/mol. The Hall–Kier alpha value is -3.33. The van der Waals surface area contributed by atoms with Gasteiger partial charge in [0.15, 0.2) is 18.1 Å². The molecule has 0 heterocycles. The zero-order valence-electron chi connectivity index (χ0n) is 13.7. The number of benzene rings is 2. The van der Waals surface area contributed by atoms with E-state index in [4.69, 9.17) is 14.7 Å². The molecule has 0 bridgehead atoms. The molecule has 0 aliphatic carbocycles. The van der Waals surface area contributed by atoms with E-state index in [1.807, 2.05) is 6.07 Å². The Kier molecular flexibility index (Phi) is 6.55. The van der Waals surface area contributed by atoms with Crippen LogP contribution in [-0.4, -0.2) is 19.6 Å². The molecule has 2 rings (SSSR count). The minimum atomic E-state index is -0.314. The van der Waals surface area contributed by atoms with Crippen LogP contribution in [0.2, 0.25) is 0 Å². The van der Waals surface area contributed by atoms with E-state index in [0.29, 0.717) is 18.0 Å². The molecule has 0 aromatic heterocycles. The highest BCUT2D eigenvalue weighted by atomic mass is 19.1. The highest BCUT2D eigenvalue weighted by Gasteiger charge is 2.05. The summed E-state index contributed by atoms with van der Waals surface area (Å²) in [5, 5.41) is 11.3. The molecule has 0 saturated carbocycles. The fourth-order valence-corrected chi connectivity index (χ4v) is 2.04. The summed E-state index contributed by atoms with van der Waals surface area (Å²) in [5.41, 5.74) is 1.56. The molecule has 2 aromatic carbocycles. The summed E-state index contributed by atoms with van der Waals surface area (Å²) in [6.45, 7) is 0.241. The zero-order chi connectivity index (χ0) is 18.1. The van der Waals surface area contributed by atoms with Gasteiger partial charge in [-0.15, -0.1) is 0 Å². The van der Waals surface area contributed by atoms with E-state index in [9.17, 15) is 9.18 Å². The second-order valence-corrected chi connectivity index (χ2v) is 5.03. The van der Waals surface area contributed by atoms with Crippen LogP contribution in [0.5, 0.6) is 11.5 Å². The first-order valence-electron chi connectivity index (χ1n) is 7.50. The molecular formula is C19H17FN2O3. The van der Waals surface area contributed by atoms with Crippen molar-refractivity contribution in [1.82, 2.24) is 5.32 Å². The molecule has 6 heteroatoms. The normalized spacial score (nSPS) is 10.3. The fraction of sp³-hybridized carbons (Fsp3) is 0.158. The molecule has 128 valence electrons. The zero-order valence-corrected chi connectivity index (χ0v) is 13.7. The van der Waals surface area contributed by atoms with E-state index in [0.717, 1.165) is 11.1 Å². The third-order valence-corrected chi connectivity index (χ3v) is 3.29. The first-order valence-corrected chi connectivity index (χ1v) is 7.50. The van der Waals surface area contributed by atoms with E-state index < -0.39 is 0 Å². The molecule has 0 aliphatic rings. The van der Waals surface area contributed by atoms with Crippen LogP contribution in [0.1, 0.15) is 11.1 Å². The Morgan fingerprint density at radius 3 is 2.68 bits per heavy atom. The summed E-state index contributed by atoms with van der Waals surface area (Å²) in [5.74, 6) is 0.352. The average Bonchev–Trinajstić information content (AvgIpc) is 2.64. The molecule has 0 fully saturated rings. The summed E-state index contributed by atoms with van der Waals surface area (Å²) < 4.78 is 23.3. The van der Waals surface area contributed by atoms with Gasteiger partial charge in [-0.1, -0.05) is 18.2 Å². The van der Waals surface area contributed by atoms with E-state index in [1.165, 1.54) is 25.3 Å². The van der Waals surface area contributed by atoms with Gasteiger partial charge < -0.3 is 14.8 Å². The molecule has 25 heavy (non-hydrogen) atoms. The first kappa shape index (κ1) is 18.0. The van der Waals surface area contributed by atoms with Gasteiger partial charge in [0.25, 0.3) is 0 Å². The van der Waals surface area contributed by atoms with Gasteiger partial charge in [-0.2, -0.15) is 5.26 Å². The number of methoxy groups -OCH3 is 1. The lowest BCUT2D eigenvalue weighted by Crippen LogP contribution is -2.20. The number of hydrogen-bond acceptors (Lipinski definition) is 4. The van der Waals surface area contributed by atoms with E-state index in [1.54, 1.807) is 36.4 Å². The summed E-state index contributed by atoms with van der Waals surface area (Å²) in [4.78, 5) is 11.9. The molecule has 0 spiro atoms. The number of halogens is 1. The molecule has 0 saturated heterocycles. The lowest BCUT2D eigenvalue weighted by atomic mass is 10.2. The number of nitriles is 1. The number of hydrogen-bond donors (Lipinski definition) is 1. The average molecular weight is 340 g/mol.